The van der Waals surface area contributed by atoms with Crippen molar-refractivity contribution in [3.05, 3.63) is 77.4 Å². The maximum Gasteiger partial charge on any atom is 0.255 e. The average molecular weight is 403 g/mol. The van der Waals surface area contributed by atoms with Crippen molar-refractivity contribution in [2.75, 3.05) is 14.2 Å². The zero-order valence-corrected chi connectivity index (χ0v) is 16.6. The van der Waals surface area contributed by atoms with Gasteiger partial charge in [-0.15, -0.1) is 0 Å². The summed E-state index contributed by atoms with van der Waals surface area (Å²) < 4.78 is 16.1. The highest BCUT2D eigenvalue weighted by molar-refractivity contribution is 6.05. The van der Waals surface area contributed by atoms with Gasteiger partial charge in [0.15, 0.2) is 0 Å². The number of amides is 1. The molecule has 0 saturated heterocycles. The van der Waals surface area contributed by atoms with Gasteiger partial charge in [-0.3, -0.25) is 9.89 Å². The molecule has 2 aromatic carbocycles. The quantitative estimate of drug-likeness (QED) is 0.481. The number of hydrogen-bond acceptors (Lipinski definition) is 5. The highest BCUT2D eigenvalue weighted by atomic mass is 16.5. The van der Waals surface area contributed by atoms with Gasteiger partial charge in [0.05, 0.1) is 49.2 Å². The Balaban J connectivity index is 1.63. The number of benzene rings is 2. The molecule has 2 aromatic heterocycles. The fourth-order valence-electron chi connectivity index (χ4n) is 3.18. The second kappa shape index (κ2) is 8.57. The first kappa shape index (κ1) is 19.3. The molecule has 0 aliphatic carbocycles. The Labute approximate surface area is 173 Å². The van der Waals surface area contributed by atoms with Crippen molar-refractivity contribution in [1.29, 1.82) is 0 Å². The van der Waals surface area contributed by atoms with E-state index in [-0.39, 0.29) is 5.91 Å². The van der Waals surface area contributed by atoms with Gasteiger partial charge in [0, 0.05) is 0 Å². The Morgan fingerprint density at radius 2 is 1.93 bits per heavy atom. The minimum absolute atomic E-state index is 0.253. The summed E-state index contributed by atoms with van der Waals surface area (Å²) in [5, 5.41) is 11.0. The highest BCUT2D eigenvalue weighted by Crippen LogP contribution is 2.32. The number of nitrogens with one attached hydrogen (secondary N) is 2. The van der Waals surface area contributed by atoms with Crippen LogP contribution in [0.2, 0.25) is 0 Å². The molecule has 4 aromatic rings. The molecule has 0 spiro atoms. The van der Waals surface area contributed by atoms with Gasteiger partial charge in [-0.05, 0) is 48.0 Å². The maximum atomic E-state index is 12.7. The molecule has 0 radical (unpaired) electrons. The van der Waals surface area contributed by atoms with Crippen LogP contribution in [0, 0.1) is 0 Å². The second-order valence-electron chi connectivity index (χ2n) is 6.55. The van der Waals surface area contributed by atoms with Gasteiger partial charge >= 0.3 is 0 Å². The van der Waals surface area contributed by atoms with Crippen LogP contribution in [0.4, 0.5) is 0 Å². The molecule has 0 bridgehead atoms. The van der Waals surface area contributed by atoms with E-state index in [1.165, 1.54) is 0 Å². The van der Waals surface area contributed by atoms with E-state index >= 15 is 0 Å². The molecule has 0 atom stereocenters. The molecule has 7 nitrogen and oxygen atoms in total. The highest BCUT2D eigenvalue weighted by Gasteiger charge is 2.19. The number of rotatable bonds is 7. The van der Waals surface area contributed by atoms with Crippen LogP contribution in [-0.2, 0) is 6.54 Å². The largest absolute Gasteiger partial charge is 0.497 e. The number of H-pyrrole nitrogens is 1. The van der Waals surface area contributed by atoms with Crippen molar-refractivity contribution in [1.82, 2.24) is 15.5 Å². The Hall–Kier alpha value is -4.00. The number of aromatic nitrogens is 2. The van der Waals surface area contributed by atoms with Gasteiger partial charge in [-0.1, -0.05) is 18.2 Å². The normalized spacial score (nSPS) is 11.1. The fraction of sp³-hybridized carbons (Fsp3) is 0.130. The molecule has 152 valence electrons. The van der Waals surface area contributed by atoms with Crippen LogP contribution >= 0.6 is 0 Å². The molecule has 4 rings (SSSR count). The average Bonchev–Trinajstić information content (AvgIpc) is 3.45. The Kier molecular flexibility index (Phi) is 5.52. The number of fused-ring (bicyclic) bond motifs is 1. The fourth-order valence-corrected chi connectivity index (χ4v) is 3.18. The predicted molar refractivity (Wildman–Crippen MR) is 114 cm³/mol. The molecular weight excluding hydrogens is 382 g/mol. The first-order valence-electron chi connectivity index (χ1n) is 9.37. The van der Waals surface area contributed by atoms with E-state index in [0.29, 0.717) is 29.3 Å². The molecule has 7 heteroatoms. The second-order valence-corrected chi connectivity index (χ2v) is 6.55. The SMILES string of the molecule is COc1ccc(C=Cc2n[nH]c3ccc(C(=O)NCc4ccco4)c(OC)c23)cc1. The number of carbonyl (C=O) groups excluding carboxylic acids is 1. The summed E-state index contributed by atoms with van der Waals surface area (Å²) in [7, 11) is 3.18. The smallest absolute Gasteiger partial charge is 0.255 e. The summed E-state index contributed by atoms with van der Waals surface area (Å²) in [6.45, 7) is 0.294. The van der Waals surface area contributed by atoms with Gasteiger partial charge in [0.2, 0.25) is 0 Å². The van der Waals surface area contributed by atoms with Crippen LogP contribution in [0.5, 0.6) is 11.5 Å². The lowest BCUT2D eigenvalue weighted by molar-refractivity contribution is 0.0945. The van der Waals surface area contributed by atoms with Crippen molar-refractivity contribution in [2.24, 2.45) is 0 Å². The number of aromatic amines is 1. The van der Waals surface area contributed by atoms with Gasteiger partial charge in [-0.2, -0.15) is 5.10 Å². The minimum Gasteiger partial charge on any atom is -0.497 e. The number of ether oxygens (including phenoxy) is 2. The lowest BCUT2D eigenvalue weighted by Crippen LogP contribution is -2.23. The van der Waals surface area contributed by atoms with E-state index in [2.05, 4.69) is 15.5 Å². The number of methoxy groups -OCH3 is 2. The van der Waals surface area contributed by atoms with Gasteiger partial charge in [0.1, 0.15) is 17.3 Å². The minimum atomic E-state index is -0.253. The van der Waals surface area contributed by atoms with Gasteiger partial charge < -0.3 is 19.2 Å². The lowest BCUT2D eigenvalue weighted by Gasteiger charge is -2.10. The number of furan rings is 1. The van der Waals surface area contributed by atoms with Crippen LogP contribution < -0.4 is 14.8 Å². The third kappa shape index (κ3) is 3.91. The first-order chi connectivity index (χ1) is 14.7. The first-order valence-corrected chi connectivity index (χ1v) is 9.37. The molecule has 0 aliphatic heterocycles. The number of nitrogens with zero attached hydrogens (tertiary/aromatic N) is 1. The van der Waals surface area contributed by atoms with Crippen LogP contribution in [-0.4, -0.2) is 30.3 Å². The molecule has 0 saturated carbocycles. The Morgan fingerprint density at radius 3 is 2.63 bits per heavy atom. The zero-order valence-electron chi connectivity index (χ0n) is 16.6. The predicted octanol–water partition coefficient (Wildman–Crippen LogP) is 4.27. The zero-order chi connectivity index (χ0) is 20.9. The summed E-state index contributed by atoms with van der Waals surface area (Å²) in [5.74, 6) is 1.68. The Bertz CT molecular complexity index is 1180. The van der Waals surface area contributed by atoms with Crippen molar-refractivity contribution >= 4 is 29.0 Å². The summed E-state index contributed by atoms with van der Waals surface area (Å²) >= 11 is 0. The summed E-state index contributed by atoms with van der Waals surface area (Å²) in [6.07, 6.45) is 5.40. The molecule has 0 unspecified atom stereocenters. The van der Waals surface area contributed by atoms with E-state index in [1.807, 2.05) is 42.5 Å². The molecule has 0 aliphatic rings. The van der Waals surface area contributed by atoms with E-state index in [1.54, 1.807) is 38.7 Å². The van der Waals surface area contributed by atoms with Crippen LogP contribution in [0.15, 0.2) is 59.2 Å². The van der Waals surface area contributed by atoms with E-state index in [0.717, 1.165) is 22.2 Å². The summed E-state index contributed by atoms with van der Waals surface area (Å²) in [6, 6.07) is 14.8. The van der Waals surface area contributed by atoms with E-state index in [4.69, 9.17) is 13.9 Å². The molecule has 0 fully saturated rings. The third-order valence-electron chi connectivity index (χ3n) is 4.71. The van der Waals surface area contributed by atoms with Gasteiger partial charge in [0.25, 0.3) is 5.91 Å². The molecule has 1 amide bonds. The molecule has 30 heavy (non-hydrogen) atoms. The lowest BCUT2D eigenvalue weighted by atomic mass is 10.1. The summed E-state index contributed by atoms with van der Waals surface area (Å²) in [5.41, 5.74) is 2.89. The van der Waals surface area contributed by atoms with Crippen molar-refractivity contribution < 1.29 is 18.7 Å². The molecule has 2 N–H and O–H groups in total. The number of carbonyl (C=O) groups is 1. The van der Waals surface area contributed by atoms with Gasteiger partial charge in [-0.25, -0.2) is 0 Å². The molecular formula is C23H21N3O4. The maximum absolute atomic E-state index is 12.7. The van der Waals surface area contributed by atoms with E-state index in [9.17, 15) is 4.79 Å². The van der Waals surface area contributed by atoms with Crippen molar-refractivity contribution in [3.63, 3.8) is 0 Å². The topological polar surface area (TPSA) is 89.4 Å². The summed E-state index contributed by atoms with van der Waals surface area (Å²) in [4.78, 5) is 12.7. The third-order valence-corrected chi connectivity index (χ3v) is 4.71. The van der Waals surface area contributed by atoms with Crippen LogP contribution in [0.25, 0.3) is 23.1 Å². The molecule has 2 heterocycles. The van der Waals surface area contributed by atoms with E-state index < -0.39 is 0 Å². The van der Waals surface area contributed by atoms with Crippen LogP contribution in [0.3, 0.4) is 0 Å². The van der Waals surface area contributed by atoms with Crippen molar-refractivity contribution in [2.45, 2.75) is 6.54 Å². The number of hydrogen-bond donors (Lipinski definition) is 2. The monoisotopic (exact) mass is 403 g/mol. The standard InChI is InChI=1S/C23H21N3O4/c1-28-16-8-5-15(6-9-16)7-11-19-21-20(26-25-19)12-10-18(22(21)29-2)23(27)24-14-17-4-3-13-30-17/h3-13H,14H2,1-2H3,(H,24,27)(H,25,26). The van der Waals surface area contributed by atoms with Crippen molar-refractivity contribution in [3.8, 4) is 11.5 Å². The Morgan fingerprint density at radius 1 is 1.10 bits per heavy atom. The van der Waals surface area contributed by atoms with Crippen LogP contribution in [0.1, 0.15) is 27.4 Å².